The molecular formula is C22H20N4O2. The molecule has 0 radical (unpaired) electrons. The normalized spacial score (nSPS) is 16.5. The number of furan rings is 1. The fraction of sp³-hybridized carbons (Fsp3) is 0.227. The van der Waals surface area contributed by atoms with Gasteiger partial charge in [0.05, 0.1) is 24.6 Å². The SMILES string of the molecule is O=C(c1cnc2[nH]cc(-c3ccoc3)c2c1)N1CCN=C1CC1=CC=CCC1. The highest BCUT2D eigenvalue weighted by Crippen LogP contribution is 2.29. The smallest absolute Gasteiger partial charge is 0.260 e. The maximum absolute atomic E-state index is 13.2. The van der Waals surface area contributed by atoms with Gasteiger partial charge in [-0.05, 0) is 25.0 Å². The molecule has 1 aliphatic carbocycles. The summed E-state index contributed by atoms with van der Waals surface area (Å²) >= 11 is 0. The number of pyridine rings is 1. The Morgan fingerprint density at radius 2 is 2.32 bits per heavy atom. The second kappa shape index (κ2) is 6.96. The van der Waals surface area contributed by atoms with Gasteiger partial charge in [0.25, 0.3) is 5.91 Å². The zero-order valence-corrected chi connectivity index (χ0v) is 15.4. The number of amidine groups is 1. The molecule has 1 amide bonds. The van der Waals surface area contributed by atoms with E-state index in [0.717, 1.165) is 47.3 Å². The van der Waals surface area contributed by atoms with Crippen molar-refractivity contribution in [2.24, 2.45) is 4.99 Å². The first-order valence-electron chi connectivity index (χ1n) is 9.49. The zero-order valence-electron chi connectivity index (χ0n) is 15.4. The van der Waals surface area contributed by atoms with Crippen molar-refractivity contribution in [3.8, 4) is 11.1 Å². The molecule has 0 saturated carbocycles. The van der Waals surface area contributed by atoms with E-state index in [2.05, 4.69) is 33.2 Å². The standard InChI is InChI=1S/C22H20N4O2/c27-22(26-8-7-23-20(26)10-15-4-2-1-3-5-15)17-11-18-19(16-6-9-28-14-16)13-25-21(18)24-12-17/h1-2,4,6,9,11-14H,3,5,7-8,10H2,(H,24,25). The lowest BCUT2D eigenvalue weighted by molar-refractivity contribution is 0.0856. The lowest BCUT2D eigenvalue weighted by atomic mass is 10.0. The zero-order chi connectivity index (χ0) is 18.9. The van der Waals surface area contributed by atoms with Gasteiger partial charge in [0, 0.05) is 41.9 Å². The summed E-state index contributed by atoms with van der Waals surface area (Å²) in [6.07, 6.45) is 16.1. The summed E-state index contributed by atoms with van der Waals surface area (Å²) in [7, 11) is 0. The van der Waals surface area contributed by atoms with Gasteiger partial charge >= 0.3 is 0 Å². The number of carbonyl (C=O) groups excluding carboxylic acids is 1. The number of nitrogens with zero attached hydrogens (tertiary/aromatic N) is 3. The van der Waals surface area contributed by atoms with Crippen LogP contribution in [-0.2, 0) is 0 Å². The fourth-order valence-corrected chi connectivity index (χ4v) is 3.80. The second-order valence-corrected chi connectivity index (χ2v) is 7.06. The Bertz CT molecular complexity index is 1120. The van der Waals surface area contributed by atoms with E-state index in [1.54, 1.807) is 23.6 Å². The Labute approximate surface area is 162 Å². The average Bonchev–Trinajstić information content (AvgIpc) is 3.48. The Morgan fingerprint density at radius 1 is 1.36 bits per heavy atom. The van der Waals surface area contributed by atoms with Gasteiger partial charge in [0.15, 0.2) is 0 Å². The van der Waals surface area contributed by atoms with E-state index in [-0.39, 0.29) is 5.91 Å². The van der Waals surface area contributed by atoms with E-state index in [1.165, 1.54) is 5.57 Å². The number of fused-ring (bicyclic) bond motifs is 1. The third-order valence-electron chi connectivity index (χ3n) is 5.27. The highest BCUT2D eigenvalue weighted by atomic mass is 16.3. The van der Waals surface area contributed by atoms with Gasteiger partial charge < -0.3 is 9.40 Å². The van der Waals surface area contributed by atoms with Crippen LogP contribution in [0.15, 0.2) is 70.3 Å². The van der Waals surface area contributed by atoms with Gasteiger partial charge in [-0.3, -0.25) is 14.7 Å². The minimum Gasteiger partial charge on any atom is -0.472 e. The van der Waals surface area contributed by atoms with Crippen LogP contribution in [0.25, 0.3) is 22.2 Å². The minimum absolute atomic E-state index is 0.0445. The fourth-order valence-electron chi connectivity index (χ4n) is 3.80. The van der Waals surface area contributed by atoms with Crippen molar-refractivity contribution in [2.45, 2.75) is 19.3 Å². The molecule has 1 aliphatic heterocycles. The Hall–Kier alpha value is -3.41. The van der Waals surface area contributed by atoms with Crippen LogP contribution in [0.5, 0.6) is 0 Å². The Balaban J connectivity index is 1.44. The van der Waals surface area contributed by atoms with Crippen LogP contribution in [-0.4, -0.2) is 39.7 Å². The molecule has 6 nitrogen and oxygen atoms in total. The van der Waals surface area contributed by atoms with Crippen LogP contribution in [0.2, 0.25) is 0 Å². The van der Waals surface area contributed by atoms with Crippen molar-refractivity contribution >= 4 is 22.8 Å². The van der Waals surface area contributed by atoms with Crippen molar-refractivity contribution in [3.63, 3.8) is 0 Å². The van der Waals surface area contributed by atoms with E-state index in [4.69, 9.17) is 4.42 Å². The quantitative estimate of drug-likeness (QED) is 0.740. The number of H-pyrrole nitrogens is 1. The Morgan fingerprint density at radius 3 is 3.14 bits per heavy atom. The summed E-state index contributed by atoms with van der Waals surface area (Å²) in [6.45, 7) is 1.28. The van der Waals surface area contributed by atoms with Crippen molar-refractivity contribution in [1.29, 1.82) is 0 Å². The van der Waals surface area contributed by atoms with E-state index in [9.17, 15) is 4.79 Å². The van der Waals surface area contributed by atoms with Crippen LogP contribution in [0.4, 0.5) is 0 Å². The van der Waals surface area contributed by atoms with Crippen LogP contribution < -0.4 is 0 Å². The number of aromatic amines is 1. The molecule has 140 valence electrons. The molecule has 6 heteroatoms. The molecule has 0 atom stereocenters. The molecule has 0 spiro atoms. The van der Waals surface area contributed by atoms with Gasteiger partial charge in [-0.1, -0.05) is 23.8 Å². The van der Waals surface area contributed by atoms with Crippen LogP contribution in [0.3, 0.4) is 0 Å². The van der Waals surface area contributed by atoms with Crippen molar-refractivity contribution in [3.05, 3.63) is 66.4 Å². The van der Waals surface area contributed by atoms with Crippen molar-refractivity contribution < 1.29 is 9.21 Å². The number of aliphatic imine (C=N–C) groups is 1. The number of hydrogen-bond donors (Lipinski definition) is 1. The molecule has 3 aromatic heterocycles. The van der Waals surface area contributed by atoms with Crippen molar-refractivity contribution in [1.82, 2.24) is 14.9 Å². The molecule has 3 aromatic rings. The molecule has 1 N–H and O–H groups in total. The van der Waals surface area contributed by atoms with Gasteiger partial charge in [-0.2, -0.15) is 0 Å². The van der Waals surface area contributed by atoms with Crippen molar-refractivity contribution in [2.75, 3.05) is 13.1 Å². The van der Waals surface area contributed by atoms with Crippen LogP contribution in [0.1, 0.15) is 29.6 Å². The van der Waals surface area contributed by atoms with Crippen LogP contribution >= 0.6 is 0 Å². The average molecular weight is 372 g/mol. The highest BCUT2D eigenvalue weighted by Gasteiger charge is 2.26. The number of nitrogens with one attached hydrogen (secondary N) is 1. The first-order valence-corrected chi connectivity index (χ1v) is 9.49. The number of allylic oxidation sites excluding steroid dienone is 3. The first kappa shape index (κ1) is 16.7. The van der Waals surface area contributed by atoms with Crippen LogP contribution in [0, 0.1) is 0 Å². The molecule has 0 fully saturated rings. The number of aromatic nitrogens is 2. The largest absolute Gasteiger partial charge is 0.472 e. The number of rotatable bonds is 4. The maximum atomic E-state index is 13.2. The van der Waals surface area contributed by atoms with Gasteiger partial charge in [0.2, 0.25) is 0 Å². The predicted molar refractivity (Wildman–Crippen MR) is 108 cm³/mol. The molecule has 4 heterocycles. The summed E-state index contributed by atoms with van der Waals surface area (Å²) in [5.41, 5.74) is 4.58. The molecule has 28 heavy (non-hydrogen) atoms. The molecule has 0 bridgehead atoms. The van der Waals surface area contributed by atoms with Gasteiger partial charge in [-0.25, -0.2) is 4.98 Å². The molecule has 2 aliphatic rings. The molecule has 5 rings (SSSR count). The highest BCUT2D eigenvalue weighted by molar-refractivity contribution is 6.09. The maximum Gasteiger partial charge on any atom is 0.260 e. The third-order valence-corrected chi connectivity index (χ3v) is 5.27. The minimum atomic E-state index is -0.0445. The third kappa shape index (κ3) is 2.97. The van der Waals surface area contributed by atoms with E-state index >= 15 is 0 Å². The number of carbonyl (C=O) groups is 1. The lowest BCUT2D eigenvalue weighted by Gasteiger charge is -2.20. The molecule has 0 saturated heterocycles. The monoisotopic (exact) mass is 372 g/mol. The summed E-state index contributed by atoms with van der Waals surface area (Å²) in [4.78, 5) is 27.2. The molecule has 0 unspecified atom stereocenters. The predicted octanol–water partition coefficient (Wildman–Crippen LogP) is 4.34. The second-order valence-electron chi connectivity index (χ2n) is 7.06. The summed E-state index contributed by atoms with van der Waals surface area (Å²) in [5, 5.41) is 0.907. The number of hydrogen-bond acceptors (Lipinski definition) is 4. The summed E-state index contributed by atoms with van der Waals surface area (Å²) in [6, 6.07) is 3.80. The Kier molecular flexibility index (Phi) is 4.16. The van der Waals surface area contributed by atoms with E-state index in [0.29, 0.717) is 18.7 Å². The van der Waals surface area contributed by atoms with E-state index < -0.39 is 0 Å². The molecule has 0 aromatic carbocycles. The van der Waals surface area contributed by atoms with Gasteiger partial charge in [-0.15, -0.1) is 0 Å². The van der Waals surface area contributed by atoms with Gasteiger partial charge in [0.1, 0.15) is 11.5 Å². The summed E-state index contributed by atoms with van der Waals surface area (Å²) < 4.78 is 5.20. The number of amides is 1. The van der Waals surface area contributed by atoms with E-state index in [1.807, 2.05) is 18.3 Å². The topological polar surface area (TPSA) is 74.5 Å². The lowest BCUT2D eigenvalue weighted by Crippen LogP contribution is -2.34. The summed E-state index contributed by atoms with van der Waals surface area (Å²) in [5.74, 6) is 0.813. The first-order chi connectivity index (χ1) is 13.8. The molecular weight excluding hydrogens is 352 g/mol.